The van der Waals surface area contributed by atoms with Gasteiger partial charge in [-0.3, -0.25) is 0 Å². The zero-order valence-corrected chi connectivity index (χ0v) is 6.32. The van der Waals surface area contributed by atoms with Gasteiger partial charge in [-0.25, -0.2) is 0 Å². The third kappa shape index (κ3) is 7.34. The van der Waals surface area contributed by atoms with E-state index in [-0.39, 0.29) is 0 Å². The zero-order chi connectivity index (χ0) is 7.66. The molecule has 0 heterocycles. The molecular weight excluding hydrogens is 120 g/mol. The van der Waals surface area contributed by atoms with Gasteiger partial charge in [-0.05, 0) is 0 Å². The monoisotopic (exact) mass is 133 g/mol. The van der Waals surface area contributed by atoms with Crippen molar-refractivity contribution in [1.82, 2.24) is 0 Å². The van der Waals surface area contributed by atoms with Gasteiger partial charge in [0.25, 0.3) is 0 Å². The van der Waals surface area contributed by atoms with Crippen molar-refractivity contribution in [1.29, 1.82) is 0 Å². The molecule has 0 N–H and O–H groups in total. The van der Waals surface area contributed by atoms with Crippen LogP contribution in [0.2, 0.25) is 0 Å². The summed E-state index contributed by atoms with van der Waals surface area (Å²) >= 11 is 0. The minimum absolute atomic E-state index is 0.802. The van der Waals surface area contributed by atoms with E-state index in [1.165, 1.54) is 12.8 Å². The summed E-state index contributed by atoms with van der Waals surface area (Å²) in [6, 6.07) is 0. The van der Waals surface area contributed by atoms with Crippen LogP contribution >= 0.6 is 0 Å². The maximum atomic E-state index is 6.64. The summed E-state index contributed by atoms with van der Waals surface area (Å²) < 4.78 is 0. The molecule has 0 spiro atoms. The molecule has 0 atom stereocenters. The molecule has 0 fully saturated rings. The molecular formula is C10H13+. The Morgan fingerprint density at radius 1 is 1.00 bits per heavy atom. The molecule has 0 radical (unpaired) electrons. The third-order valence-corrected chi connectivity index (χ3v) is 1.37. The van der Waals surface area contributed by atoms with E-state index < -0.39 is 0 Å². The first-order chi connectivity index (χ1) is 4.91. The second kappa shape index (κ2) is 8.34. The number of hydrogen-bond acceptors (Lipinski definition) is 0. The van der Waals surface area contributed by atoms with Crippen molar-refractivity contribution in [3.8, 4) is 18.3 Å². The van der Waals surface area contributed by atoms with E-state index in [0.717, 1.165) is 25.7 Å². The van der Waals surface area contributed by atoms with E-state index in [9.17, 15) is 0 Å². The average Bonchev–Trinajstić information content (AvgIpc) is 1.97. The molecule has 0 aliphatic carbocycles. The van der Waals surface area contributed by atoms with E-state index >= 15 is 0 Å². The normalized spacial score (nSPS) is 8.50. The Hall–Kier alpha value is -0.660. The fraction of sp³-hybridized carbons (Fsp3) is 0.600. The fourth-order valence-electron chi connectivity index (χ4n) is 0.794. The van der Waals surface area contributed by atoms with E-state index in [0.29, 0.717) is 0 Å². The molecule has 10 heavy (non-hydrogen) atoms. The van der Waals surface area contributed by atoms with Gasteiger partial charge in [-0.2, -0.15) is 0 Å². The Bertz CT molecular complexity index is 113. The summed E-state index contributed by atoms with van der Waals surface area (Å²) in [4.78, 5) is 0. The van der Waals surface area contributed by atoms with Crippen molar-refractivity contribution >= 4 is 0 Å². The second-order valence-corrected chi connectivity index (χ2v) is 2.30. The van der Waals surface area contributed by atoms with Crippen molar-refractivity contribution in [2.45, 2.75) is 38.5 Å². The SMILES string of the molecule is [C+]#CCCCCCCC#C. The summed E-state index contributed by atoms with van der Waals surface area (Å²) in [5.41, 5.74) is 0. The van der Waals surface area contributed by atoms with Crippen LogP contribution in [0.15, 0.2) is 0 Å². The van der Waals surface area contributed by atoms with E-state index in [4.69, 9.17) is 12.8 Å². The quantitative estimate of drug-likeness (QED) is 0.307. The molecule has 0 aromatic carbocycles. The number of terminal acetylenes is 1. The predicted molar refractivity (Wildman–Crippen MR) is 43.7 cm³/mol. The molecule has 0 heteroatoms. The first kappa shape index (κ1) is 9.34. The van der Waals surface area contributed by atoms with Crippen LogP contribution < -0.4 is 0 Å². The Morgan fingerprint density at radius 3 is 2.10 bits per heavy atom. The van der Waals surface area contributed by atoms with Crippen molar-refractivity contribution in [2.24, 2.45) is 0 Å². The Kier molecular flexibility index (Phi) is 7.79. The zero-order valence-electron chi connectivity index (χ0n) is 6.32. The van der Waals surface area contributed by atoms with Crippen molar-refractivity contribution in [3.63, 3.8) is 0 Å². The van der Waals surface area contributed by atoms with Gasteiger partial charge in [0, 0.05) is 0 Å². The van der Waals surface area contributed by atoms with Gasteiger partial charge in [0.2, 0.25) is 0 Å². The Morgan fingerprint density at radius 2 is 1.60 bits per heavy atom. The molecule has 0 rings (SSSR count). The minimum atomic E-state index is 0.802. The molecule has 0 bridgehead atoms. The van der Waals surface area contributed by atoms with Gasteiger partial charge >= 0.3 is 63.2 Å². The van der Waals surface area contributed by atoms with Gasteiger partial charge in [-0.1, -0.05) is 0 Å². The molecule has 0 nitrogen and oxygen atoms in total. The molecule has 0 aliphatic heterocycles. The van der Waals surface area contributed by atoms with Crippen LogP contribution in [0, 0.1) is 24.7 Å². The summed E-state index contributed by atoms with van der Waals surface area (Å²) in [6.45, 7) is 0. The predicted octanol–water partition coefficient (Wildman–Crippen LogP) is 2.55. The van der Waals surface area contributed by atoms with Crippen LogP contribution in [0.1, 0.15) is 38.5 Å². The van der Waals surface area contributed by atoms with Gasteiger partial charge in [0.05, 0.1) is 0 Å². The van der Waals surface area contributed by atoms with Crippen LogP contribution in [0.5, 0.6) is 0 Å². The van der Waals surface area contributed by atoms with Crippen LogP contribution in [0.25, 0.3) is 0 Å². The first-order valence-corrected chi connectivity index (χ1v) is 3.75. The maximum absolute atomic E-state index is 6.64. The second-order valence-electron chi connectivity index (χ2n) is 2.30. The number of rotatable bonds is 5. The van der Waals surface area contributed by atoms with E-state index in [2.05, 4.69) is 11.8 Å². The van der Waals surface area contributed by atoms with Gasteiger partial charge < -0.3 is 0 Å². The summed E-state index contributed by atoms with van der Waals surface area (Å²) in [5, 5.41) is 0. The third-order valence-electron chi connectivity index (χ3n) is 1.37. The molecule has 0 amide bonds. The summed E-state index contributed by atoms with van der Waals surface area (Å²) in [6.07, 6.45) is 18.0. The van der Waals surface area contributed by atoms with Gasteiger partial charge in [0.15, 0.2) is 0 Å². The van der Waals surface area contributed by atoms with Crippen LogP contribution in [0.4, 0.5) is 0 Å². The van der Waals surface area contributed by atoms with Crippen molar-refractivity contribution in [3.05, 3.63) is 6.42 Å². The molecule has 0 unspecified atom stereocenters. The number of hydrogen-bond donors (Lipinski definition) is 0. The van der Waals surface area contributed by atoms with Crippen molar-refractivity contribution < 1.29 is 0 Å². The Labute approximate surface area is 64.0 Å². The molecule has 52 valence electrons. The van der Waals surface area contributed by atoms with E-state index in [1.54, 1.807) is 0 Å². The van der Waals surface area contributed by atoms with Gasteiger partial charge in [0.1, 0.15) is 0 Å². The summed E-state index contributed by atoms with van der Waals surface area (Å²) in [5.74, 6) is 4.97. The van der Waals surface area contributed by atoms with Crippen LogP contribution in [0.3, 0.4) is 0 Å². The summed E-state index contributed by atoms with van der Waals surface area (Å²) in [7, 11) is 0. The van der Waals surface area contributed by atoms with Gasteiger partial charge in [-0.15, -0.1) is 0 Å². The van der Waals surface area contributed by atoms with Crippen LogP contribution in [-0.4, -0.2) is 0 Å². The topological polar surface area (TPSA) is 0 Å². The molecule has 0 aliphatic rings. The fourth-order valence-corrected chi connectivity index (χ4v) is 0.794. The van der Waals surface area contributed by atoms with E-state index in [1.807, 2.05) is 0 Å². The number of unbranched alkanes of at least 4 members (excludes halogenated alkanes) is 5. The average molecular weight is 133 g/mol. The standard InChI is InChI=1S/C10H13/c1-3-5-7-9-10-8-6-4-2/h1H,5-10H2/q+1. The molecule has 0 saturated heterocycles. The van der Waals surface area contributed by atoms with Crippen LogP contribution in [-0.2, 0) is 0 Å². The molecule has 0 saturated carbocycles. The molecule has 0 aromatic heterocycles. The van der Waals surface area contributed by atoms with Crippen molar-refractivity contribution in [2.75, 3.05) is 0 Å². The Balaban J connectivity index is 2.80. The molecule has 0 aromatic rings. The first-order valence-electron chi connectivity index (χ1n) is 3.75.